The van der Waals surface area contributed by atoms with E-state index < -0.39 is 17.7 Å². The molecular weight excluding hydrogens is 367 g/mol. The summed E-state index contributed by atoms with van der Waals surface area (Å²) in [6.45, 7) is 1.94. The summed E-state index contributed by atoms with van der Waals surface area (Å²) in [5.41, 5.74) is 1.03. The fourth-order valence-electron chi connectivity index (χ4n) is 2.18. The standard InChI is InChI=1S/C19H15ClF3NO2/c1-2-26-18(25)5-3-4-16(14-10-11-24-17(20)12-14)13-6-8-15(9-7-13)19(21,22)23/h3-12H,2H2,1H3. The van der Waals surface area contributed by atoms with Crippen molar-refractivity contribution in [2.24, 2.45) is 0 Å². The lowest BCUT2D eigenvalue weighted by molar-refractivity contribution is -0.138. The molecule has 0 N–H and O–H groups in total. The largest absolute Gasteiger partial charge is 0.463 e. The zero-order valence-corrected chi connectivity index (χ0v) is 14.5. The van der Waals surface area contributed by atoms with E-state index in [1.54, 1.807) is 25.1 Å². The number of allylic oxidation sites excluding steroid dienone is 2. The normalized spacial score (nSPS) is 12.4. The minimum absolute atomic E-state index is 0.245. The predicted octanol–water partition coefficient (Wildman–Crippen LogP) is 5.30. The van der Waals surface area contributed by atoms with Crippen LogP contribution in [0.3, 0.4) is 0 Å². The summed E-state index contributed by atoms with van der Waals surface area (Å²) in [7, 11) is 0. The van der Waals surface area contributed by atoms with Crippen LogP contribution in [-0.2, 0) is 15.7 Å². The van der Waals surface area contributed by atoms with Gasteiger partial charge in [0.25, 0.3) is 0 Å². The highest BCUT2D eigenvalue weighted by Crippen LogP contribution is 2.31. The van der Waals surface area contributed by atoms with Gasteiger partial charge in [-0.1, -0.05) is 35.9 Å². The number of ether oxygens (including phenoxy) is 1. The first kappa shape index (κ1) is 19.7. The van der Waals surface area contributed by atoms with Crippen molar-refractivity contribution in [1.82, 2.24) is 4.98 Å². The molecule has 0 amide bonds. The molecule has 0 atom stereocenters. The van der Waals surface area contributed by atoms with Gasteiger partial charge in [0.15, 0.2) is 0 Å². The number of esters is 1. The monoisotopic (exact) mass is 381 g/mol. The molecule has 136 valence electrons. The molecule has 2 rings (SSSR count). The third-order valence-corrected chi connectivity index (χ3v) is 3.55. The molecule has 0 unspecified atom stereocenters. The Morgan fingerprint density at radius 2 is 1.88 bits per heavy atom. The first-order chi connectivity index (χ1) is 12.3. The van der Waals surface area contributed by atoms with Gasteiger partial charge in [-0.15, -0.1) is 0 Å². The number of alkyl halides is 3. The highest BCUT2D eigenvalue weighted by Gasteiger charge is 2.30. The number of carbonyl (C=O) groups excluding carboxylic acids is 1. The maximum Gasteiger partial charge on any atom is 0.416 e. The summed E-state index contributed by atoms with van der Waals surface area (Å²) < 4.78 is 43.1. The van der Waals surface area contributed by atoms with Crippen molar-refractivity contribution >= 4 is 23.1 Å². The van der Waals surface area contributed by atoms with Crippen LogP contribution in [0.25, 0.3) is 5.57 Å². The Morgan fingerprint density at radius 1 is 1.19 bits per heavy atom. The summed E-state index contributed by atoms with van der Waals surface area (Å²) in [5, 5.41) is 0.245. The Hall–Kier alpha value is -2.60. The molecule has 0 aliphatic rings. The average Bonchev–Trinajstić information content (AvgIpc) is 2.58. The third-order valence-electron chi connectivity index (χ3n) is 3.34. The fraction of sp³-hybridized carbons (Fsp3) is 0.158. The second-order valence-electron chi connectivity index (χ2n) is 5.13. The number of nitrogens with zero attached hydrogens (tertiary/aromatic N) is 1. The summed E-state index contributed by atoms with van der Waals surface area (Å²) in [5.74, 6) is -0.511. The van der Waals surface area contributed by atoms with Gasteiger partial charge in [0, 0.05) is 12.3 Å². The first-order valence-corrected chi connectivity index (χ1v) is 8.03. The highest BCUT2D eigenvalue weighted by molar-refractivity contribution is 6.29. The van der Waals surface area contributed by atoms with Gasteiger partial charge in [-0.2, -0.15) is 13.2 Å². The summed E-state index contributed by atoms with van der Waals surface area (Å²) >= 11 is 5.91. The fourth-order valence-corrected chi connectivity index (χ4v) is 2.36. The van der Waals surface area contributed by atoms with Gasteiger partial charge >= 0.3 is 12.1 Å². The highest BCUT2D eigenvalue weighted by atomic mass is 35.5. The lowest BCUT2D eigenvalue weighted by Crippen LogP contribution is -2.04. The molecular formula is C19H15ClF3NO2. The van der Waals surface area contributed by atoms with E-state index in [9.17, 15) is 18.0 Å². The Kier molecular flexibility index (Phi) is 6.58. The van der Waals surface area contributed by atoms with Crippen LogP contribution in [0, 0.1) is 0 Å². The molecule has 1 aromatic heterocycles. The SMILES string of the molecule is CCOC(=O)C=CC=C(c1ccc(C(F)(F)F)cc1)c1ccnc(Cl)c1. The Balaban J connectivity index is 2.42. The van der Waals surface area contributed by atoms with Crippen LogP contribution in [0.4, 0.5) is 13.2 Å². The maximum atomic E-state index is 12.8. The number of aromatic nitrogens is 1. The van der Waals surface area contributed by atoms with Crippen LogP contribution in [0.15, 0.2) is 60.8 Å². The van der Waals surface area contributed by atoms with Crippen molar-refractivity contribution in [2.75, 3.05) is 6.61 Å². The second kappa shape index (κ2) is 8.67. The van der Waals surface area contributed by atoms with Gasteiger partial charge in [-0.05, 0) is 47.9 Å². The molecule has 0 radical (unpaired) electrons. The zero-order chi connectivity index (χ0) is 19.2. The van der Waals surface area contributed by atoms with Gasteiger partial charge in [-0.3, -0.25) is 0 Å². The number of pyridine rings is 1. The van der Waals surface area contributed by atoms with Crippen molar-refractivity contribution in [3.63, 3.8) is 0 Å². The minimum Gasteiger partial charge on any atom is -0.463 e. The molecule has 1 aromatic carbocycles. The zero-order valence-electron chi connectivity index (χ0n) is 13.8. The van der Waals surface area contributed by atoms with Gasteiger partial charge in [0.2, 0.25) is 0 Å². The number of rotatable bonds is 5. The number of hydrogen-bond acceptors (Lipinski definition) is 3. The van der Waals surface area contributed by atoms with Gasteiger partial charge in [0.1, 0.15) is 5.15 Å². The molecule has 26 heavy (non-hydrogen) atoms. The topological polar surface area (TPSA) is 39.2 Å². The molecule has 1 heterocycles. The quantitative estimate of drug-likeness (QED) is 0.305. The van der Waals surface area contributed by atoms with E-state index in [4.69, 9.17) is 16.3 Å². The molecule has 2 aromatic rings. The molecule has 0 aliphatic carbocycles. The van der Waals surface area contributed by atoms with E-state index in [1.165, 1.54) is 30.5 Å². The Morgan fingerprint density at radius 3 is 2.46 bits per heavy atom. The number of hydrogen-bond donors (Lipinski definition) is 0. The Bertz CT molecular complexity index is 827. The summed E-state index contributed by atoms with van der Waals surface area (Å²) in [6.07, 6.45) is 1.39. The van der Waals surface area contributed by atoms with E-state index in [2.05, 4.69) is 4.98 Å². The van der Waals surface area contributed by atoms with Gasteiger partial charge < -0.3 is 4.74 Å². The molecule has 7 heteroatoms. The smallest absolute Gasteiger partial charge is 0.416 e. The van der Waals surface area contributed by atoms with Gasteiger partial charge in [-0.25, -0.2) is 9.78 Å². The van der Waals surface area contributed by atoms with E-state index in [0.717, 1.165) is 12.1 Å². The number of halogens is 4. The molecule has 0 fully saturated rings. The molecule has 3 nitrogen and oxygen atoms in total. The summed E-state index contributed by atoms with van der Waals surface area (Å²) in [6, 6.07) is 7.99. The number of benzene rings is 1. The van der Waals surface area contributed by atoms with E-state index in [1.807, 2.05) is 0 Å². The van der Waals surface area contributed by atoms with Crippen LogP contribution < -0.4 is 0 Å². The first-order valence-electron chi connectivity index (χ1n) is 7.66. The van der Waals surface area contributed by atoms with Crippen molar-refractivity contribution in [3.8, 4) is 0 Å². The Labute approximate surface area is 153 Å². The molecule has 0 saturated heterocycles. The van der Waals surface area contributed by atoms with Crippen LogP contribution in [0.2, 0.25) is 5.15 Å². The van der Waals surface area contributed by atoms with Crippen molar-refractivity contribution in [2.45, 2.75) is 13.1 Å². The third kappa shape index (κ3) is 5.46. The van der Waals surface area contributed by atoms with Crippen LogP contribution in [-0.4, -0.2) is 17.6 Å². The minimum atomic E-state index is -4.41. The second-order valence-corrected chi connectivity index (χ2v) is 5.52. The lowest BCUT2D eigenvalue weighted by atomic mass is 9.97. The molecule has 0 spiro atoms. The van der Waals surface area contributed by atoms with E-state index >= 15 is 0 Å². The molecule has 0 bridgehead atoms. The van der Waals surface area contributed by atoms with Crippen molar-refractivity contribution in [3.05, 3.63) is 82.7 Å². The molecule has 0 saturated carbocycles. The lowest BCUT2D eigenvalue weighted by Gasteiger charge is -2.11. The van der Waals surface area contributed by atoms with Crippen molar-refractivity contribution in [1.29, 1.82) is 0 Å². The maximum absolute atomic E-state index is 12.8. The van der Waals surface area contributed by atoms with Crippen LogP contribution >= 0.6 is 11.6 Å². The summed E-state index contributed by atoms with van der Waals surface area (Å²) in [4.78, 5) is 15.3. The van der Waals surface area contributed by atoms with Gasteiger partial charge in [0.05, 0.1) is 12.2 Å². The van der Waals surface area contributed by atoms with E-state index in [0.29, 0.717) is 16.7 Å². The van der Waals surface area contributed by atoms with Crippen LogP contribution in [0.1, 0.15) is 23.6 Å². The predicted molar refractivity (Wildman–Crippen MR) is 93.5 cm³/mol. The average molecular weight is 382 g/mol. The van der Waals surface area contributed by atoms with Crippen LogP contribution in [0.5, 0.6) is 0 Å². The van der Waals surface area contributed by atoms with Crippen molar-refractivity contribution < 1.29 is 22.7 Å². The molecule has 0 aliphatic heterocycles. The van der Waals surface area contributed by atoms with E-state index in [-0.39, 0.29) is 11.8 Å². The number of carbonyl (C=O) groups is 1.